The van der Waals surface area contributed by atoms with Crippen LogP contribution in [0.2, 0.25) is 0 Å². The van der Waals surface area contributed by atoms with Crippen molar-refractivity contribution < 1.29 is 9.47 Å². The standard InChI is InChI=1S/C15H19IO2/c16-12-3-5-13(6-4-12)17-11-14-7-10-15(18-14)8-1-2-9-15/h3-6,14H,1-2,7-11H2. The second-order valence-electron chi connectivity index (χ2n) is 5.43. The van der Waals surface area contributed by atoms with Gasteiger partial charge in [-0.2, -0.15) is 0 Å². The minimum Gasteiger partial charge on any atom is -0.491 e. The summed E-state index contributed by atoms with van der Waals surface area (Å²) in [5, 5.41) is 0. The molecule has 98 valence electrons. The first kappa shape index (κ1) is 12.7. The molecule has 1 aliphatic carbocycles. The monoisotopic (exact) mass is 358 g/mol. The van der Waals surface area contributed by atoms with E-state index in [1.54, 1.807) is 0 Å². The number of ether oxygens (including phenoxy) is 2. The molecular weight excluding hydrogens is 339 g/mol. The molecule has 1 aromatic carbocycles. The van der Waals surface area contributed by atoms with Crippen molar-refractivity contribution in [2.24, 2.45) is 0 Å². The maximum Gasteiger partial charge on any atom is 0.119 e. The number of rotatable bonds is 3. The maximum atomic E-state index is 6.23. The Hall–Kier alpha value is -0.290. The van der Waals surface area contributed by atoms with Crippen molar-refractivity contribution in [2.75, 3.05) is 6.61 Å². The van der Waals surface area contributed by atoms with Gasteiger partial charge in [0.1, 0.15) is 12.4 Å². The van der Waals surface area contributed by atoms with E-state index in [0.717, 1.165) is 12.2 Å². The number of benzene rings is 1. The van der Waals surface area contributed by atoms with E-state index in [0.29, 0.717) is 12.7 Å². The lowest BCUT2D eigenvalue weighted by molar-refractivity contribution is -0.0508. The van der Waals surface area contributed by atoms with Crippen molar-refractivity contribution in [2.45, 2.75) is 50.2 Å². The number of halogens is 1. The van der Waals surface area contributed by atoms with E-state index in [1.165, 1.54) is 35.7 Å². The van der Waals surface area contributed by atoms with E-state index in [2.05, 4.69) is 34.7 Å². The lowest BCUT2D eigenvalue weighted by Gasteiger charge is -2.23. The SMILES string of the molecule is Ic1ccc(OCC2CCC3(CCCC3)O2)cc1. The van der Waals surface area contributed by atoms with E-state index in [-0.39, 0.29) is 5.60 Å². The second kappa shape index (κ2) is 5.37. The van der Waals surface area contributed by atoms with Crippen molar-refractivity contribution in [3.63, 3.8) is 0 Å². The molecule has 3 rings (SSSR count). The fourth-order valence-electron chi connectivity index (χ4n) is 3.12. The highest BCUT2D eigenvalue weighted by molar-refractivity contribution is 14.1. The Bertz CT molecular complexity index is 395. The Kier molecular flexibility index (Phi) is 3.80. The van der Waals surface area contributed by atoms with Crippen LogP contribution in [0.4, 0.5) is 0 Å². The summed E-state index contributed by atoms with van der Waals surface area (Å²) in [6, 6.07) is 8.21. The van der Waals surface area contributed by atoms with E-state index < -0.39 is 0 Å². The van der Waals surface area contributed by atoms with Crippen LogP contribution in [0.5, 0.6) is 5.75 Å². The van der Waals surface area contributed by atoms with Crippen LogP contribution in [-0.2, 0) is 4.74 Å². The zero-order valence-corrected chi connectivity index (χ0v) is 12.7. The van der Waals surface area contributed by atoms with Crippen LogP contribution in [0.15, 0.2) is 24.3 Å². The molecule has 1 aliphatic heterocycles. The summed E-state index contributed by atoms with van der Waals surface area (Å²) in [6.45, 7) is 0.697. The van der Waals surface area contributed by atoms with E-state index in [1.807, 2.05) is 12.1 Å². The molecule has 2 nitrogen and oxygen atoms in total. The van der Waals surface area contributed by atoms with Crippen LogP contribution in [0.1, 0.15) is 38.5 Å². The van der Waals surface area contributed by atoms with Crippen LogP contribution < -0.4 is 4.74 Å². The Morgan fingerprint density at radius 3 is 2.61 bits per heavy atom. The molecule has 0 radical (unpaired) electrons. The molecule has 0 bridgehead atoms. The van der Waals surface area contributed by atoms with Gasteiger partial charge in [0.15, 0.2) is 0 Å². The van der Waals surface area contributed by atoms with Crippen molar-refractivity contribution in [3.8, 4) is 5.75 Å². The fraction of sp³-hybridized carbons (Fsp3) is 0.600. The van der Waals surface area contributed by atoms with Gasteiger partial charge in [0.25, 0.3) is 0 Å². The van der Waals surface area contributed by atoms with E-state index in [4.69, 9.17) is 9.47 Å². The number of hydrogen-bond donors (Lipinski definition) is 0. The average Bonchev–Trinajstić information content (AvgIpc) is 3.00. The largest absolute Gasteiger partial charge is 0.491 e. The molecule has 1 atom stereocenters. The third-order valence-electron chi connectivity index (χ3n) is 4.10. The minimum atomic E-state index is 0.222. The molecule has 2 fully saturated rings. The van der Waals surface area contributed by atoms with Gasteiger partial charge in [0, 0.05) is 3.57 Å². The first-order valence-electron chi connectivity index (χ1n) is 6.82. The highest BCUT2D eigenvalue weighted by atomic mass is 127. The fourth-order valence-corrected chi connectivity index (χ4v) is 3.48. The van der Waals surface area contributed by atoms with Gasteiger partial charge in [-0.05, 0) is 72.5 Å². The Labute approximate surface area is 122 Å². The quantitative estimate of drug-likeness (QED) is 0.756. The van der Waals surface area contributed by atoms with Gasteiger partial charge in [0.2, 0.25) is 0 Å². The van der Waals surface area contributed by atoms with Crippen molar-refractivity contribution in [1.82, 2.24) is 0 Å². The summed E-state index contributed by atoms with van der Waals surface area (Å²) < 4.78 is 13.3. The highest BCUT2D eigenvalue weighted by Crippen LogP contribution is 2.43. The molecule has 1 unspecified atom stereocenters. The third-order valence-corrected chi connectivity index (χ3v) is 4.82. The molecule has 3 heteroatoms. The lowest BCUT2D eigenvalue weighted by Crippen LogP contribution is -2.27. The minimum absolute atomic E-state index is 0.222. The first-order chi connectivity index (χ1) is 8.76. The van der Waals surface area contributed by atoms with Crippen molar-refractivity contribution >= 4 is 22.6 Å². The zero-order chi connectivity index (χ0) is 12.4. The van der Waals surface area contributed by atoms with Crippen molar-refractivity contribution in [3.05, 3.63) is 27.8 Å². The summed E-state index contributed by atoms with van der Waals surface area (Å²) in [6.07, 6.45) is 7.87. The normalized spacial score (nSPS) is 25.7. The predicted molar refractivity (Wildman–Crippen MR) is 80.0 cm³/mol. The van der Waals surface area contributed by atoms with Gasteiger partial charge in [0.05, 0.1) is 11.7 Å². The Morgan fingerprint density at radius 2 is 1.89 bits per heavy atom. The predicted octanol–water partition coefficient (Wildman–Crippen LogP) is 4.16. The van der Waals surface area contributed by atoms with Gasteiger partial charge < -0.3 is 9.47 Å². The van der Waals surface area contributed by atoms with Crippen molar-refractivity contribution in [1.29, 1.82) is 0 Å². The highest BCUT2D eigenvalue weighted by Gasteiger charge is 2.42. The molecule has 18 heavy (non-hydrogen) atoms. The second-order valence-corrected chi connectivity index (χ2v) is 6.68. The third kappa shape index (κ3) is 2.82. The van der Waals surface area contributed by atoms with E-state index >= 15 is 0 Å². The molecule has 1 aromatic rings. The summed E-state index contributed by atoms with van der Waals surface area (Å²) >= 11 is 2.30. The van der Waals surface area contributed by atoms with Crippen LogP contribution >= 0.6 is 22.6 Å². The van der Waals surface area contributed by atoms with Crippen LogP contribution in [-0.4, -0.2) is 18.3 Å². The van der Waals surface area contributed by atoms with Gasteiger partial charge in [-0.15, -0.1) is 0 Å². The van der Waals surface area contributed by atoms with Gasteiger partial charge in [-0.1, -0.05) is 12.8 Å². The molecule has 0 aromatic heterocycles. The molecule has 0 amide bonds. The first-order valence-corrected chi connectivity index (χ1v) is 7.90. The lowest BCUT2D eigenvalue weighted by atomic mass is 9.98. The molecule has 1 saturated heterocycles. The average molecular weight is 358 g/mol. The molecular formula is C15H19IO2. The summed E-state index contributed by atoms with van der Waals surface area (Å²) in [7, 11) is 0. The van der Waals surface area contributed by atoms with Crippen LogP contribution in [0.3, 0.4) is 0 Å². The van der Waals surface area contributed by atoms with Gasteiger partial charge in [-0.3, -0.25) is 0 Å². The Balaban J connectivity index is 1.51. The summed E-state index contributed by atoms with van der Waals surface area (Å²) in [5.74, 6) is 0.950. The molecule has 0 N–H and O–H groups in total. The molecule has 1 spiro atoms. The summed E-state index contributed by atoms with van der Waals surface area (Å²) in [5.41, 5.74) is 0.222. The Morgan fingerprint density at radius 1 is 1.17 bits per heavy atom. The van der Waals surface area contributed by atoms with Gasteiger partial charge in [-0.25, -0.2) is 0 Å². The molecule has 1 heterocycles. The topological polar surface area (TPSA) is 18.5 Å². The molecule has 2 aliphatic rings. The maximum absolute atomic E-state index is 6.23. The smallest absolute Gasteiger partial charge is 0.119 e. The van der Waals surface area contributed by atoms with Crippen LogP contribution in [0.25, 0.3) is 0 Å². The van der Waals surface area contributed by atoms with Gasteiger partial charge >= 0.3 is 0 Å². The van der Waals surface area contributed by atoms with Crippen LogP contribution in [0, 0.1) is 3.57 Å². The molecule has 1 saturated carbocycles. The summed E-state index contributed by atoms with van der Waals surface area (Å²) in [4.78, 5) is 0. The number of hydrogen-bond acceptors (Lipinski definition) is 2. The zero-order valence-electron chi connectivity index (χ0n) is 10.5. The van der Waals surface area contributed by atoms with E-state index in [9.17, 15) is 0 Å².